The quantitative estimate of drug-likeness (QED) is 0.787. The van der Waals surface area contributed by atoms with Gasteiger partial charge in [-0.1, -0.05) is 24.3 Å². The fourth-order valence-electron chi connectivity index (χ4n) is 3.36. The van der Waals surface area contributed by atoms with Crippen LogP contribution in [0.2, 0.25) is 0 Å². The number of rotatable bonds is 2. The topological polar surface area (TPSA) is 93.2 Å². The van der Waals surface area contributed by atoms with Crippen molar-refractivity contribution in [3.63, 3.8) is 0 Å². The number of carboxylic acids is 1. The third-order valence-electron chi connectivity index (χ3n) is 4.32. The first kappa shape index (κ1) is 11.7. The van der Waals surface area contributed by atoms with E-state index in [2.05, 4.69) is 0 Å². The number of hydrogen-bond donors (Lipinski definition) is 1. The second kappa shape index (κ2) is 3.34. The smallest absolute Gasteiger partial charge is 0.306 e. The molecule has 0 aromatic heterocycles. The van der Waals surface area contributed by atoms with Crippen molar-refractivity contribution in [3.05, 3.63) is 35.4 Å². The van der Waals surface area contributed by atoms with E-state index >= 15 is 0 Å². The first-order valence-electron chi connectivity index (χ1n) is 6.25. The number of epoxide rings is 1. The number of fused-ring (bicyclic) bond motifs is 1. The van der Waals surface area contributed by atoms with Gasteiger partial charge in [0.25, 0.3) is 0 Å². The lowest BCUT2D eigenvalue weighted by Crippen LogP contribution is -2.47. The summed E-state index contributed by atoms with van der Waals surface area (Å²) < 4.78 is 10.9. The number of aliphatic carboxylic acids is 1. The highest BCUT2D eigenvalue weighted by Crippen LogP contribution is 2.62. The lowest BCUT2D eigenvalue weighted by atomic mass is 9.73. The van der Waals surface area contributed by atoms with Crippen LogP contribution in [0.1, 0.15) is 27.1 Å². The van der Waals surface area contributed by atoms with Crippen LogP contribution in [-0.2, 0) is 14.3 Å². The van der Waals surface area contributed by atoms with Gasteiger partial charge in [0.2, 0.25) is 11.6 Å². The minimum atomic E-state index is -1.43. The predicted octanol–water partition coefficient (Wildman–Crippen LogP) is 0.447. The summed E-state index contributed by atoms with van der Waals surface area (Å²) in [7, 11) is 0. The van der Waals surface area contributed by atoms with Gasteiger partial charge in [0.05, 0.1) is 13.0 Å². The third kappa shape index (κ3) is 1.06. The van der Waals surface area contributed by atoms with Gasteiger partial charge in [0.15, 0.2) is 11.2 Å². The Bertz CT molecular complexity index is 680. The summed E-state index contributed by atoms with van der Waals surface area (Å²) in [5, 5.41) is 8.91. The summed E-state index contributed by atoms with van der Waals surface area (Å²) in [6.45, 7) is -0.0656. The third-order valence-corrected chi connectivity index (χ3v) is 4.32. The van der Waals surface area contributed by atoms with Gasteiger partial charge in [-0.15, -0.1) is 0 Å². The Morgan fingerprint density at radius 1 is 1.25 bits per heavy atom. The normalized spacial score (nSPS) is 37.1. The standard InChI is InChI=1S/C14H10O6/c15-10(16)5-9-14-12(18)8-4-2-1-3-7(8)11(17)13(14,20-14)6-19-9/h1-4,9H,5-6H2,(H,15,16)/t9-,13+,14-/m1/s1. The van der Waals surface area contributed by atoms with E-state index in [9.17, 15) is 14.4 Å². The molecule has 3 atom stereocenters. The summed E-state index contributed by atoms with van der Waals surface area (Å²) in [5.74, 6) is -1.73. The zero-order chi connectivity index (χ0) is 14.1. The van der Waals surface area contributed by atoms with Gasteiger partial charge in [0.1, 0.15) is 6.10 Å². The summed E-state index contributed by atoms with van der Waals surface area (Å²) in [5.41, 5.74) is -2.13. The van der Waals surface area contributed by atoms with Crippen molar-refractivity contribution < 1.29 is 29.0 Å². The molecule has 0 amide bonds. The number of benzene rings is 1. The fraction of sp³-hybridized carbons (Fsp3) is 0.357. The monoisotopic (exact) mass is 274 g/mol. The highest BCUT2D eigenvalue weighted by atomic mass is 16.7. The van der Waals surface area contributed by atoms with Crippen LogP contribution in [0, 0.1) is 0 Å². The molecular formula is C14H10O6. The summed E-state index contributed by atoms with van der Waals surface area (Å²) >= 11 is 0. The van der Waals surface area contributed by atoms with E-state index in [1.54, 1.807) is 24.3 Å². The molecule has 102 valence electrons. The van der Waals surface area contributed by atoms with Crippen LogP contribution in [0.15, 0.2) is 24.3 Å². The van der Waals surface area contributed by atoms with Crippen molar-refractivity contribution in [1.29, 1.82) is 0 Å². The number of ether oxygens (including phenoxy) is 2. The second-order valence-corrected chi connectivity index (χ2v) is 5.27. The number of Topliss-reactive ketones (excluding diaryl/α,β-unsaturated/α-hetero) is 2. The molecule has 2 aliphatic heterocycles. The SMILES string of the molecule is O=C(O)C[C@H]1OC[C@@]23O[C@@]12C(=O)c1ccccc1C3=O. The Morgan fingerprint density at radius 3 is 2.55 bits per heavy atom. The largest absolute Gasteiger partial charge is 0.481 e. The fourth-order valence-corrected chi connectivity index (χ4v) is 3.36. The maximum absolute atomic E-state index is 12.6. The Balaban J connectivity index is 1.87. The molecule has 3 aliphatic rings. The molecule has 0 saturated carbocycles. The minimum Gasteiger partial charge on any atom is -0.481 e. The highest BCUT2D eigenvalue weighted by molar-refractivity contribution is 6.26. The number of ketones is 2. The highest BCUT2D eigenvalue weighted by Gasteiger charge is 2.87. The van der Waals surface area contributed by atoms with Crippen molar-refractivity contribution in [1.82, 2.24) is 0 Å². The molecule has 2 fully saturated rings. The maximum Gasteiger partial charge on any atom is 0.306 e. The van der Waals surface area contributed by atoms with Crippen molar-refractivity contribution in [2.45, 2.75) is 23.7 Å². The molecule has 1 aliphatic carbocycles. The molecule has 4 rings (SSSR count). The molecule has 1 N–H and O–H groups in total. The van der Waals surface area contributed by atoms with Gasteiger partial charge in [-0.25, -0.2) is 0 Å². The zero-order valence-corrected chi connectivity index (χ0v) is 10.3. The summed E-state index contributed by atoms with van der Waals surface area (Å²) in [6, 6.07) is 6.49. The van der Waals surface area contributed by atoms with Crippen LogP contribution in [0.25, 0.3) is 0 Å². The van der Waals surface area contributed by atoms with E-state index in [-0.39, 0.29) is 30.2 Å². The Hall–Kier alpha value is -2.05. The van der Waals surface area contributed by atoms with Gasteiger partial charge < -0.3 is 14.6 Å². The van der Waals surface area contributed by atoms with Crippen molar-refractivity contribution >= 4 is 17.5 Å². The molecule has 20 heavy (non-hydrogen) atoms. The molecule has 0 bridgehead atoms. The zero-order valence-electron chi connectivity index (χ0n) is 10.3. The molecule has 6 heteroatoms. The molecule has 1 aromatic rings. The molecule has 0 unspecified atom stereocenters. The molecule has 0 radical (unpaired) electrons. The lowest BCUT2D eigenvalue weighted by Gasteiger charge is -2.21. The first-order chi connectivity index (χ1) is 9.53. The van der Waals surface area contributed by atoms with E-state index in [0.717, 1.165) is 0 Å². The first-order valence-corrected chi connectivity index (χ1v) is 6.25. The average molecular weight is 274 g/mol. The number of carbonyl (C=O) groups excluding carboxylic acids is 2. The van der Waals surface area contributed by atoms with E-state index in [1.165, 1.54) is 0 Å². The molecule has 6 nitrogen and oxygen atoms in total. The number of hydrogen-bond acceptors (Lipinski definition) is 5. The van der Waals surface area contributed by atoms with Crippen LogP contribution in [0.3, 0.4) is 0 Å². The van der Waals surface area contributed by atoms with Crippen molar-refractivity contribution in [3.8, 4) is 0 Å². The Kier molecular flexibility index (Phi) is 1.96. The lowest BCUT2D eigenvalue weighted by molar-refractivity contribution is -0.141. The van der Waals surface area contributed by atoms with Crippen LogP contribution in [-0.4, -0.2) is 46.6 Å². The Morgan fingerprint density at radius 2 is 1.90 bits per heavy atom. The maximum atomic E-state index is 12.6. The second-order valence-electron chi connectivity index (χ2n) is 5.27. The van der Waals surface area contributed by atoms with Crippen LogP contribution in [0.5, 0.6) is 0 Å². The van der Waals surface area contributed by atoms with E-state index in [1.807, 2.05) is 0 Å². The van der Waals surface area contributed by atoms with Crippen LogP contribution < -0.4 is 0 Å². The van der Waals surface area contributed by atoms with Crippen LogP contribution in [0.4, 0.5) is 0 Å². The average Bonchev–Trinajstić information content (AvgIpc) is 3.04. The molecule has 0 spiro atoms. The molecule has 2 saturated heterocycles. The minimum absolute atomic E-state index is 0.0656. The predicted molar refractivity (Wildman–Crippen MR) is 63.6 cm³/mol. The van der Waals surface area contributed by atoms with Crippen LogP contribution >= 0.6 is 0 Å². The molecule has 2 heterocycles. The summed E-state index contributed by atoms with van der Waals surface area (Å²) in [4.78, 5) is 36.1. The Labute approximate surface area is 113 Å². The van der Waals surface area contributed by atoms with E-state index in [4.69, 9.17) is 14.6 Å². The van der Waals surface area contributed by atoms with Gasteiger partial charge in [0, 0.05) is 11.1 Å². The van der Waals surface area contributed by atoms with Gasteiger partial charge in [-0.05, 0) is 0 Å². The molecule has 1 aromatic carbocycles. The van der Waals surface area contributed by atoms with Crippen molar-refractivity contribution in [2.24, 2.45) is 0 Å². The summed E-state index contributed by atoms with van der Waals surface area (Å²) in [6.07, 6.45) is -1.27. The van der Waals surface area contributed by atoms with E-state index in [0.29, 0.717) is 5.56 Å². The van der Waals surface area contributed by atoms with Gasteiger partial charge >= 0.3 is 5.97 Å². The number of carbonyl (C=O) groups is 3. The van der Waals surface area contributed by atoms with Gasteiger partial charge in [-0.2, -0.15) is 0 Å². The number of carboxylic acid groups (broad SMARTS) is 1. The van der Waals surface area contributed by atoms with E-state index < -0.39 is 23.3 Å². The van der Waals surface area contributed by atoms with Gasteiger partial charge in [-0.3, -0.25) is 14.4 Å². The van der Waals surface area contributed by atoms with Crippen molar-refractivity contribution in [2.75, 3.05) is 6.61 Å². The molecular weight excluding hydrogens is 264 g/mol.